The molecule has 0 radical (unpaired) electrons. The van der Waals surface area contributed by atoms with E-state index in [9.17, 15) is 18.0 Å². The van der Waals surface area contributed by atoms with Crippen LogP contribution in [0.3, 0.4) is 0 Å². The second kappa shape index (κ2) is 5.46. The van der Waals surface area contributed by atoms with Gasteiger partial charge >= 0.3 is 12.1 Å². The van der Waals surface area contributed by atoms with Gasteiger partial charge in [-0.15, -0.1) is 0 Å². The highest BCUT2D eigenvalue weighted by atomic mass is 19.4. The van der Waals surface area contributed by atoms with Crippen LogP contribution in [0.1, 0.15) is 16.9 Å². The van der Waals surface area contributed by atoms with Gasteiger partial charge < -0.3 is 10.1 Å². The Bertz CT molecular complexity index is 378. The zero-order valence-electron chi connectivity index (χ0n) is 8.91. The van der Waals surface area contributed by atoms with Gasteiger partial charge in [0.2, 0.25) is 0 Å². The van der Waals surface area contributed by atoms with Crippen molar-refractivity contribution in [2.24, 2.45) is 0 Å². The topological polar surface area (TPSA) is 64.1 Å². The van der Waals surface area contributed by atoms with Crippen LogP contribution in [0.15, 0.2) is 12.4 Å². The summed E-state index contributed by atoms with van der Waals surface area (Å²) in [7, 11) is 1.19. The number of rotatable bonds is 4. The third-order valence-corrected chi connectivity index (χ3v) is 1.76. The van der Waals surface area contributed by atoms with E-state index in [4.69, 9.17) is 0 Å². The molecule has 1 aromatic rings. The zero-order valence-corrected chi connectivity index (χ0v) is 8.91. The van der Waals surface area contributed by atoms with E-state index in [0.29, 0.717) is 0 Å². The smallest absolute Gasteiger partial charge is 0.390 e. The number of anilines is 1. The molecule has 0 aliphatic rings. The summed E-state index contributed by atoms with van der Waals surface area (Å²) >= 11 is 0. The first-order chi connectivity index (χ1) is 7.92. The van der Waals surface area contributed by atoms with Crippen LogP contribution >= 0.6 is 0 Å². The van der Waals surface area contributed by atoms with Gasteiger partial charge in [0.05, 0.1) is 25.9 Å². The van der Waals surface area contributed by atoms with Crippen LogP contribution in [0.2, 0.25) is 0 Å². The summed E-state index contributed by atoms with van der Waals surface area (Å²) in [6.07, 6.45) is -2.88. The van der Waals surface area contributed by atoms with Gasteiger partial charge in [0.15, 0.2) is 5.69 Å². The van der Waals surface area contributed by atoms with Gasteiger partial charge in [-0.05, 0) is 0 Å². The summed E-state index contributed by atoms with van der Waals surface area (Å²) in [4.78, 5) is 18.4. The molecule has 0 bridgehead atoms. The van der Waals surface area contributed by atoms with Crippen LogP contribution in [0.5, 0.6) is 0 Å². The summed E-state index contributed by atoms with van der Waals surface area (Å²) in [6, 6.07) is 0. The van der Waals surface area contributed by atoms with Crippen LogP contribution < -0.4 is 5.32 Å². The average molecular weight is 249 g/mol. The minimum Gasteiger partial charge on any atom is -0.464 e. The Morgan fingerprint density at radius 2 is 2.12 bits per heavy atom. The van der Waals surface area contributed by atoms with Crippen molar-refractivity contribution < 1.29 is 22.7 Å². The highest BCUT2D eigenvalue weighted by Gasteiger charge is 2.26. The van der Waals surface area contributed by atoms with Crippen LogP contribution in [0, 0.1) is 0 Å². The molecule has 0 atom stereocenters. The maximum Gasteiger partial charge on any atom is 0.390 e. The molecule has 0 saturated heterocycles. The van der Waals surface area contributed by atoms with E-state index in [-0.39, 0.29) is 18.1 Å². The number of alkyl halides is 3. The maximum atomic E-state index is 11.8. The molecule has 1 N–H and O–H groups in total. The highest BCUT2D eigenvalue weighted by molar-refractivity contribution is 5.86. The molecule has 8 heteroatoms. The predicted molar refractivity (Wildman–Crippen MR) is 52.5 cm³/mol. The minimum absolute atomic E-state index is 0.00567. The molecule has 1 heterocycles. The molecule has 0 fully saturated rings. The number of hydrogen-bond donors (Lipinski definition) is 1. The largest absolute Gasteiger partial charge is 0.464 e. The molecule has 0 amide bonds. The summed E-state index contributed by atoms with van der Waals surface area (Å²) in [6.45, 7) is -0.296. The maximum absolute atomic E-state index is 11.8. The van der Waals surface area contributed by atoms with Crippen LogP contribution in [-0.2, 0) is 4.74 Å². The van der Waals surface area contributed by atoms with E-state index in [0.717, 1.165) is 6.20 Å². The number of nitrogens with one attached hydrogen (secondary N) is 1. The zero-order chi connectivity index (χ0) is 12.9. The van der Waals surface area contributed by atoms with Crippen molar-refractivity contribution in [2.45, 2.75) is 12.6 Å². The second-order valence-corrected chi connectivity index (χ2v) is 3.07. The normalized spacial score (nSPS) is 11.1. The molecule has 0 spiro atoms. The molecular formula is C9H10F3N3O2. The molecule has 0 aliphatic carbocycles. The number of ether oxygens (including phenoxy) is 1. The molecule has 17 heavy (non-hydrogen) atoms. The number of aromatic nitrogens is 2. The third-order valence-electron chi connectivity index (χ3n) is 1.76. The molecule has 0 aromatic carbocycles. The third kappa shape index (κ3) is 4.66. The Hall–Kier alpha value is -1.86. The molecule has 1 aromatic heterocycles. The van der Waals surface area contributed by atoms with E-state index in [1.165, 1.54) is 13.3 Å². The second-order valence-electron chi connectivity index (χ2n) is 3.07. The van der Waals surface area contributed by atoms with Gasteiger partial charge in [-0.2, -0.15) is 13.2 Å². The Kier molecular flexibility index (Phi) is 4.24. The lowest BCUT2D eigenvalue weighted by Gasteiger charge is -2.07. The Morgan fingerprint density at radius 3 is 2.59 bits per heavy atom. The number of hydrogen-bond acceptors (Lipinski definition) is 5. The molecule has 5 nitrogen and oxygen atoms in total. The van der Waals surface area contributed by atoms with E-state index >= 15 is 0 Å². The summed E-state index contributed by atoms with van der Waals surface area (Å²) in [5.74, 6) is -0.485. The van der Waals surface area contributed by atoms with Crippen LogP contribution in [-0.4, -0.2) is 35.8 Å². The number of carbonyl (C=O) groups is 1. The standard InChI is InChI=1S/C9H10F3N3O2/c1-17-8(16)6-4-15-7(5-14-6)13-3-2-9(10,11)12/h4-5H,2-3H2,1H3,(H,13,15). The summed E-state index contributed by atoms with van der Waals surface area (Å²) in [5, 5.41) is 2.44. The lowest BCUT2D eigenvalue weighted by atomic mass is 10.4. The molecule has 0 unspecified atom stereocenters. The van der Waals surface area contributed by atoms with Gasteiger partial charge in [-0.25, -0.2) is 14.8 Å². The molecule has 1 rings (SSSR count). The van der Waals surface area contributed by atoms with Gasteiger partial charge in [0.1, 0.15) is 5.82 Å². The van der Waals surface area contributed by atoms with Gasteiger partial charge in [-0.1, -0.05) is 0 Å². The van der Waals surface area contributed by atoms with Crippen molar-refractivity contribution in [2.75, 3.05) is 19.0 Å². The lowest BCUT2D eigenvalue weighted by Crippen LogP contribution is -2.15. The van der Waals surface area contributed by atoms with Gasteiger partial charge in [-0.3, -0.25) is 0 Å². The van der Waals surface area contributed by atoms with Crippen molar-refractivity contribution in [3.8, 4) is 0 Å². The fourth-order valence-electron chi connectivity index (χ4n) is 0.962. The fraction of sp³-hybridized carbons (Fsp3) is 0.444. The first kappa shape index (κ1) is 13.2. The Morgan fingerprint density at radius 1 is 1.41 bits per heavy atom. The van der Waals surface area contributed by atoms with Crippen molar-refractivity contribution in [1.29, 1.82) is 0 Å². The Balaban J connectivity index is 2.49. The molecule has 0 saturated carbocycles. The Labute approximate surface area is 95.0 Å². The quantitative estimate of drug-likeness (QED) is 0.821. The lowest BCUT2D eigenvalue weighted by molar-refractivity contribution is -0.131. The van der Waals surface area contributed by atoms with E-state index in [2.05, 4.69) is 20.0 Å². The summed E-state index contributed by atoms with van der Waals surface area (Å²) < 4.78 is 39.9. The van der Waals surface area contributed by atoms with Crippen molar-refractivity contribution >= 4 is 11.8 Å². The predicted octanol–water partition coefficient (Wildman–Crippen LogP) is 1.63. The molecule has 94 valence electrons. The van der Waals surface area contributed by atoms with Crippen LogP contribution in [0.4, 0.5) is 19.0 Å². The van der Waals surface area contributed by atoms with E-state index < -0.39 is 18.6 Å². The van der Waals surface area contributed by atoms with E-state index in [1.807, 2.05) is 0 Å². The first-order valence-electron chi connectivity index (χ1n) is 4.63. The van der Waals surface area contributed by atoms with Crippen molar-refractivity contribution in [1.82, 2.24) is 9.97 Å². The molecule has 0 aliphatic heterocycles. The first-order valence-corrected chi connectivity index (χ1v) is 4.63. The number of halogens is 3. The monoisotopic (exact) mass is 249 g/mol. The van der Waals surface area contributed by atoms with Crippen molar-refractivity contribution in [3.63, 3.8) is 0 Å². The number of nitrogens with zero attached hydrogens (tertiary/aromatic N) is 2. The minimum atomic E-state index is -4.22. The average Bonchev–Trinajstić information content (AvgIpc) is 2.27. The van der Waals surface area contributed by atoms with Crippen molar-refractivity contribution in [3.05, 3.63) is 18.1 Å². The van der Waals surface area contributed by atoms with Gasteiger partial charge in [0.25, 0.3) is 0 Å². The van der Waals surface area contributed by atoms with Crippen LogP contribution in [0.25, 0.3) is 0 Å². The number of esters is 1. The summed E-state index contributed by atoms with van der Waals surface area (Å²) in [5.41, 5.74) is -0.00567. The molecular weight excluding hydrogens is 239 g/mol. The SMILES string of the molecule is COC(=O)c1cnc(NCCC(F)(F)F)cn1. The number of methoxy groups -OCH3 is 1. The van der Waals surface area contributed by atoms with E-state index in [1.54, 1.807) is 0 Å². The highest BCUT2D eigenvalue weighted by Crippen LogP contribution is 2.19. The number of carbonyl (C=O) groups excluding carboxylic acids is 1. The van der Waals surface area contributed by atoms with Gasteiger partial charge in [0, 0.05) is 6.54 Å². The fourth-order valence-corrected chi connectivity index (χ4v) is 0.962.